The van der Waals surface area contributed by atoms with Gasteiger partial charge >= 0.3 is 6.01 Å². The van der Waals surface area contributed by atoms with Crippen LogP contribution in [0.3, 0.4) is 0 Å². The standard InChI is InChI=1S/C44H52F2N8O2Si/c1-26(2)57(27(3)4,28(5)6)20-14-30-11-8-12-31-22-48-23-34(35(30)31)38-37(46)39-36-41(52-43(51-39)56-25-44-15-10-17-53(44)24-32(45)21-44)54(18-19-55-42(36)50-38)29(7)33-13-9-16-49-40(33)47/h8-9,11-13,16,22-23,26-29,32H,10,15,17-19,21,24-25H2,1-7H3,(H2,47,49)/t29-,32-,44+/m1/s1. The number of hydrogen-bond donors (Lipinski definition) is 1. The van der Waals surface area contributed by atoms with Crippen molar-refractivity contribution in [3.05, 3.63) is 65.9 Å². The third-order valence-electron chi connectivity index (χ3n) is 12.9. The van der Waals surface area contributed by atoms with Crippen molar-refractivity contribution in [1.29, 1.82) is 0 Å². The minimum Gasteiger partial charge on any atom is -0.475 e. The molecule has 0 aliphatic carbocycles. The molecule has 2 fully saturated rings. The van der Waals surface area contributed by atoms with Crippen LogP contribution in [0.1, 0.15) is 84.9 Å². The Kier molecular flexibility index (Phi) is 10.3. The number of aromatic nitrogens is 5. The second-order valence-corrected chi connectivity index (χ2v) is 22.5. The first-order valence-corrected chi connectivity index (χ1v) is 22.5. The summed E-state index contributed by atoms with van der Waals surface area (Å²) in [4.78, 5) is 27.7. The van der Waals surface area contributed by atoms with Crippen molar-refractivity contribution in [3.63, 3.8) is 0 Å². The third-order valence-corrected chi connectivity index (χ3v) is 19.2. The lowest BCUT2D eigenvalue weighted by molar-refractivity contribution is 0.107. The molecule has 8 rings (SSSR count). The molecule has 2 N–H and O–H groups in total. The van der Waals surface area contributed by atoms with Crippen LogP contribution in [0.15, 0.2) is 48.9 Å². The molecule has 7 heterocycles. The van der Waals surface area contributed by atoms with Crippen LogP contribution in [0, 0.1) is 17.3 Å². The predicted octanol–water partition coefficient (Wildman–Crippen LogP) is 8.84. The van der Waals surface area contributed by atoms with Gasteiger partial charge in [0.2, 0.25) is 5.88 Å². The smallest absolute Gasteiger partial charge is 0.319 e. The summed E-state index contributed by atoms with van der Waals surface area (Å²) in [5.74, 6) is 3.96. The molecule has 298 valence electrons. The maximum Gasteiger partial charge on any atom is 0.319 e. The summed E-state index contributed by atoms with van der Waals surface area (Å²) < 4.78 is 45.2. The van der Waals surface area contributed by atoms with Crippen LogP contribution in [0.2, 0.25) is 16.6 Å². The first-order chi connectivity index (χ1) is 27.3. The second-order valence-electron chi connectivity index (χ2n) is 16.9. The largest absolute Gasteiger partial charge is 0.475 e. The molecule has 57 heavy (non-hydrogen) atoms. The summed E-state index contributed by atoms with van der Waals surface area (Å²) in [7, 11) is -2.10. The highest BCUT2D eigenvalue weighted by atomic mass is 28.3. The summed E-state index contributed by atoms with van der Waals surface area (Å²) in [6.45, 7) is 17.8. The molecule has 0 spiro atoms. The molecular formula is C44H52F2N8O2Si. The molecule has 0 unspecified atom stereocenters. The molecule has 4 aromatic heterocycles. The van der Waals surface area contributed by atoms with E-state index in [1.54, 1.807) is 18.6 Å². The highest BCUT2D eigenvalue weighted by Gasteiger charge is 2.49. The number of benzene rings is 1. The van der Waals surface area contributed by atoms with E-state index in [9.17, 15) is 4.39 Å². The van der Waals surface area contributed by atoms with Gasteiger partial charge < -0.3 is 20.1 Å². The van der Waals surface area contributed by atoms with Gasteiger partial charge in [-0.05, 0) is 55.1 Å². The van der Waals surface area contributed by atoms with E-state index < -0.39 is 25.6 Å². The van der Waals surface area contributed by atoms with Crippen molar-refractivity contribution < 1.29 is 18.3 Å². The van der Waals surface area contributed by atoms with Crippen LogP contribution in [0.5, 0.6) is 11.9 Å². The van der Waals surface area contributed by atoms with Crippen LogP contribution in [-0.4, -0.2) is 82.5 Å². The number of pyridine rings is 3. The summed E-state index contributed by atoms with van der Waals surface area (Å²) in [6, 6.07) is 9.36. The second kappa shape index (κ2) is 15.1. The first-order valence-electron chi connectivity index (χ1n) is 20.3. The van der Waals surface area contributed by atoms with Crippen LogP contribution >= 0.6 is 0 Å². The lowest BCUT2D eigenvalue weighted by atomic mass is 9.95. The third kappa shape index (κ3) is 6.64. The lowest BCUT2D eigenvalue weighted by Crippen LogP contribution is -2.43. The number of alkyl halides is 1. The summed E-state index contributed by atoms with van der Waals surface area (Å²) >= 11 is 0. The number of anilines is 2. The Morgan fingerprint density at radius 3 is 2.54 bits per heavy atom. The number of fused-ring (bicyclic) bond motifs is 2. The number of hydrogen-bond acceptors (Lipinski definition) is 10. The predicted molar refractivity (Wildman–Crippen MR) is 224 cm³/mol. The van der Waals surface area contributed by atoms with Crippen LogP contribution in [0.25, 0.3) is 32.9 Å². The lowest BCUT2D eigenvalue weighted by Gasteiger charge is -2.38. The fourth-order valence-corrected chi connectivity index (χ4v) is 15.3. The van der Waals surface area contributed by atoms with E-state index >= 15 is 4.39 Å². The van der Waals surface area contributed by atoms with Gasteiger partial charge in [0, 0.05) is 59.0 Å². The molecule has 3 aliphatic rings. The van der Waals surface area contributed by atoms with E-state index in [4.69, 9.17) is 30.2 Å². The van der Waals surface area contributed by atoms with Crippen molar-refractivity contribution in [3.8, 4) is 34.6 Å². The highest BCUT2D eigenvalue weighted by Crippen LogP contribution is 2.45. The number of nitrogen functional groups attached to an aromatic ring is 1. The SMILES string of the molecule is CC(C)[Si](C#Cc1cccc2cncc(-c3nc4c5c(nc(OC[C@@]67CCCN6C[C@H](F)C7)nc5c3F)N([C@H](C)c3cccnc3N)CCO4)c12)(C(C)C)C(C)C. The Bertz CT molecular complexity index is 2370. The Morgan fingerprint density at radius 1 is 1.00 bits per heavy atom. The average molecular weight is 791 g/mol. The van der Waals surface area contributed by atoms with Gasteiger partial charge in [0.1, 0.15) is 55.7 Å². The Balaban J connectivity index is 1.32. The van der Waals surface area contributed by atoms with E-state index in [2.05, 4.69) is 67.9 Å². The van der Waals surface area contributed by atoms with Gasteiger partial charge in [-0.3, -0.25) is 9.88 Å². The monoisotopic (exact) mass is 790 g/mol. The van der Waals surface area contributed by atoms with Gasteiger partial charge in [0.25, 0.3) is 0 Å². The van der Waals surface area contributed by atoms with Crippen LogP contribution in [0.4, 0.5) is 20.4 Å². The topological polar surface area (TPSA) is 115 Å². The molecule has 13 heteroatoms. The summed E-state index contributed by atoms with van der Waals surface area (Å²) in [5, 5.41) is 1.92. The number of rotatable bonds is 9. The average Bonchev–Trinajstić information content (AvgIpc) is 3.64. The van der Waals surface area contributed by atoms with E-state index in [1.165, 1.54) is 0 Å². The number of ether oxygens (including phenoxy) is 2. The van der Waals surface area contributed by atoms with Gasteiger partial charge in [0.05, 0.1) is 18.1 Å². The Labute approximate surface area is 334 Å². The maximum atomic E-state index is 17.6. The molecule has 5 aromatic rings. The normalized spacial score (nSPS) is 20.2. The van der Waals surface area contributed by atoms with E-state index in [1.807, 2.05) is 42.2 Å². The zero-order valence-electron chi connectivity index (χ0n) is 33.9. The van der Waals surface area contributed by atoms with Gasteiger partial charge in [-0.2, -0.15) is 9.97 Å². The quantitative estimate of drug-likeness (QED) is 0.115. The molecule has 0 amide bonds. The molecule has 0 saturated carbocycles. The minimum absolute atomic E-state index is 0.00115. The number of halogens is 2. The van der Waals surface area contributed by atoms with Crippen molar-refractivity contribution in [2.45, 2.75) is 102 Å². The zero-order valence-corrected chi connectivity index (χ0v) is 34.9. The molecule has 2 saturated heterocycles. The van der Waals surface area contributed by atoms with Crippen molar-refractivity contribution in [2.24, 2.45) is 0 Å². The van der Waals surface area contributed by atoms with Crippen LogP contribution in [-0.2, 0) is 0 Å². The minimum atomic E-state index is -2.10. The molecular weight excluding hydrogens is 739 g/mol. The number of nitrogens with two attached hydrogens (primary N) is 1. The first kappa shape index (κ1) is 38.9. The van der Waals surface area contributed by atoms with Gasteiger partial charge in [-0.25, -0.2) is 18.7 Å². The molecule has 3 atom stereocenters. The van der Waals surface area contributed by atoms with Crippen LogP contribution < -0.4 is 20.1 Å². The molecule has 0 radical (unpaired) electrons. The number of nitrogens with zero attached hydrogens (tertiary/aromatic N) is 7. The Hall–Kier alpha value is -4.93. The molecule has 10 nitrogen and oxygen atoms in total. The van der Waals surface area contributed by atoms with Gasteiger partial charge in [-0.15, -0.1) is 5.54 Å². The fourth-order valence-electron chi connectivity index (χ4n) is 10.1. The molecule has 0 bridgehead atoms. The zero-order chi connectivity index (χ0) is 40.2. The highest BCUT2D eigenvalue weighted by molar-refractivity contribution is 6.90. The van der Waals surface area contributed by atoms with Gasteiger partial charge in [0.15, 0.2) is 5.82 Å². The van der Waals surface area contributed by atoms with Crippen molar-refractivity contribution in [1.82, 2.24) is 29.8 Å². The van der Waals surface area contributed by atoms with Crippen molar-refractivity contribution >= 4 is 41.4 Å². The molecule has 3 aliphatic heterocycles. The van der Waals surface area contributed by atoms with E-state index in [0.717, 1.165) is 41.3 Å². The van der Waals surface area contributed by atoms with Crippen molar-refractivity contribution in [2.75, 3.05) is 43.5 Å². The van der Waals surface area contributed by atoms with E-state index in [0.29, 0.717) is 58.7 Å². The maximum absolute atomic E-state index is 17.6. The van der Waals surface area contributed by atoms with E-state index in [-0.39, 0.29) is 42.4 Å². The summed E-state index contributed by atoms with van der Waals surface area (Å²) in [5.41, 5.74) is 13.2. The Morgan fingerprint density at radius 2 is 1.79 bits per heavy atom. The summed E-state index contributed by atoms with van der Waals surface area (Å²) in [6.07, 6.45) is 6.30. The fraction of sp³-hybridized carbons (Fsp3) is 0.477. The molecule has 1 aromatic carbocycles. The van der Waals surface area contributed by atoms with Gasteiger partial charge in [-0.1, -0.05) is 65.7 Å².